The Kier molecular flexibility index (Phi) is 3.23. The van der Waals surface area contributed by atoms with Crippen LogP contribution in [0.4, 0.5) is 0 Å². The van der Waals surface area contributed by atoms with E-state index in [1.165, 1.54) is 6.08 Å². The average molecular weight is 215 g/mol. The second-order valence-electron chi connectivity index (χ2n) is 3.41. The van der Waals surface area contributed by atoms with Crippen molar-refractivity contribution in [1.29, 1.82) is 0 Å². The first-order chi connectivity index (χ1) is 6.45. The monoisotopic (exact) mass is 215 g/mol. The van der Waals surface area contributed by atoms with Crippen LogP contribution < -0.4 is 4.72 Å². The van der Waals surface area contributed by atoms with Crippen LogP contribution in [0.5, 0.6) is 0 Å². The van der Waals surface area contributed by atoms with Crippen molar-refractivity contribution in [2.75, 3.05) is 0 Å². The molecule has 0 heterocycles. The van der Waals surface area contributed by atoms with Crippen molar-refractivity contribution >= 4 is 16.3 Å². The molecule has 0 saturated heterocycles. The fourth-order valence-electron chi connectivity index (χ4n) is 1.18. The van der Waals surface area contributed by atoms with Crippen molar-refractivity contribution < 1.29 is 13.2 Å². The van der Waals surface area contributed by atoms with E-state index in [-0.39, 0.29) is 10.9 Å². The second-order valence-corrected chi connectivity index (χ2v) is 5.18. The van der Waals surface area contributed by atoms with Gasteiger partial charge in [0.1, 0.15) is 6.29 Å². The zero-order valence-electron chi connectivity index (χ0n) is 8.15. The molecule has 14 heavy (non-hydrogen) atoms. The maximum atomic E-state index is 11.6. The van der Waals surface area contributed by atoms with Gasteiger partial charge in [0.2, 0.25) is 10.0 Å². The van der Waals surface area contributed by atoms with E-state index in [9.17, 15) is 13.2 Å². The van der Waals surface area contributed by atoms with Gasteiger partial charge in [-0.3, -0.25) is 4.79 Å². The second kappa shape index (κ2) is 4.06. The van der Waals surface area contributed by atoms with Crippen LogP contribution in [-0.2, 0) is 14.8 Å². The molecule has 0 aromatic heterocycles. The summed E-state index contributed by atoms with van der Waals surface area (Å²) >= 11 is 0. The molecule has 0 aromatic rings. The molecule has 1 aliphatic rings. The first-order valence-electron chi connectivity index (χ1n) is 4.34. The average Bonchev–Trinajstić information content (AvgIpc) is 2.49. The Hall–Kier alpha value is -0.940. The molecule has 0 amide bonds. The van der Waals surface area contributed by atoms with Gasteiger partial charge < -0.3 is 0 Å². The first-order valence-corrected chi connectivity index (χ1v) is 5.82. The molecule has 0 saturated carbocycles. The summed E-state index contributed by atoms with van der Waals surface area (Å²) in [6.45, 7) is 3.50. The van der Waals surface area contributed by atoms with E-state index in [0.717, 1.165) is 0 Å². The third-order valence-corrected chi connectivity index (χ3v) is 3.50. The van der Waals surface area contributed by atoms with E-state index in [1.54, 1.807) is 19.9 Å². The molecule has 0 spiro atoms. The molecule has 1 N–H and O–H groups in total. The zero-order valence-corrected chi connectivity index (χ0v) is 8.97. The van der Waals surface area contributed by atoms with Crippen molar-refractivity contribution in [3.05, 3.63) is 22.6 Å². The molecule has 4 nitrogen and oxygen atoms in total. The van der Waals surface area contributed by atoms with Crippen LogP contribution in [0.15, 0.2) is 22.6 Å². The van der Waals surface area contributed by atoms with Gasteiger partial charge in [0.05, 0.1) is 4.91 Å². The Balaban J connectivity index is 2.83. The summed E-state index contributed by atoms with van der Waals surface area (Å²) in [5.41, 5.74) is 0.425. The van der Waals surface area contributed by atoms with E-state index >= 15 is 0 Å². The fraction of sp³-hybridized carbons (Fsp3) is 0.444. The van der Waals surface area contributed by atoms with E-state index in [0.29, 0.717) is 18.3 Å². The molecule has 5 heteroatoms. The lowest BCUT2D eigenvalue weighted by Gasteiger charge is -2.09. The van der Waals surface area contributed by atoms with Gasteiger partial charge in [-0.05, 0) is 19.9 Å². The molecule has 0 radical (unpaired) electrons. The number of carbonyl (C=O) groups is 1. The van der Waals surface area contributed by atoms with Gasteiger partial charge in [-0.1, -0.05) is 6.08 Å². The van der Waals surface area contributed by atoms with Crippen LogP contribution in [-0.4, -0.2) is 20.7 Å². The first kappa shape index (κ1) is 11.1. The third-order valence-electron chi connectivity index (χ3n) is 1.74. The van der Waals surface area contributed by atoms with Crippen molar-refractivity contribution in [3.8, 4) is 0 Å². The van der Waals surface area contributed by atoms with Gasteiger partial charge >= 0.3 is 0 Å². The van der Waals surface area contributed by atoms with Gasteiger partial charge in [-0.15, -0.1) is 0 Å². The number of allylic oxidation sites excluding steroid dienone is 4. The van der Waals surface area contributed by atoms with Gasteiger partial charge in [0.25, 0.3) is 0 Å². The number of sulfonamides is 1. The molecule has 0 fully saturated rings. The highest BCUT2D eigenvalue weighted by molar-refractivity contribution is 7.93. The lowest BCUT2D eigenvalue weighted by Crippen LogP contribution is -2.30. The molecule has 0 aliphatic heterocycles. The Labute approximate surface area is 83.7 Å². The smallest absolute Gasteiger partial charge is 0.237 e. The van der Waals surface area contributed by atoms with Crippen LogP contribution in [0.25, 0.3) is 0 Å². The summed E-state index contributed by atoms with van der Waals surface area (Å²) in [4.78, 5) is 10.6. The SMILES string of the molecule is CC(C)NS(=O)(=O)C1=CC(C=O)=CC1. The molecule has 1 rings (SSSR count). The normalized spacial score (nSPS) is 16.8. The van der Waals surface area contributed by atoms with E-state index in [1.807, 2.05) is 0 Å². The quantitative estimate of drug-likeness (QED) is 0.703. The molecular weight excluding hydrogens is 202 g/mol. The van der Waals surface area contributed by atoms with Gasteiger partial charge in [0.15, 0.2) is 0 Å². The topological polar surface area (TPSA) is 63.2 Å². The fourth-order valence-corrected chi connectivity index (χ4v) is 2.54. The highest BCUT2D eigenvalue weighted by atomic mass is 32.2. The van der Waals surface area contributed by atoms with Crippen LogP contribution >= 0.6 is 0 Å². The number of hydrogen-bond acceptors (Lipinski definition) is 3. The van der Waals surface area contributed by atoms with Crippen LogP contribution in [0.1, 0.15) is 20.3 Å². The number of aldehydes is 1. The van der Waals surface area contributed by atoms with Crippen molar-refractivity contribution in [2.24, 2.45) is 0 Å². The zero-order chi connectivity index (χ0) is 10.8. The lowest BCUT2D eigenvalue weighted by atomic mass is 10.3. The minimum absolute atomic E-state index is 0.138. The largest absolute Gasteiger partial charge is 0.298 e. The molecule has 0 aromatic carbocycles. The summed E-state index contributed by atoms with van der Waals surface area (Å²) in [6.07, 6.45) is 3.95. The van der Waals surface area contributed by atoms with Gasteiger partial charge in [0, 0.05) is 18.0 Å². The number of carbonyl (C=O) groups excluding carboxylic acids is 1. The van der Waals surface area contributed by atoms with E-state index < -0.39 is 10.0 Å². The van der Waals surface area contributed by atoms with Crippen molar-refractivity contribution in [2.45, 2.75) is 26.3 Å². The van der Waals surface area contributed by atoms with Crippen molar-refractivity contribution in [1.82, 2.24) is 4.72 Å². The van der Waals surface area contributed by atoms with E-state index in [2.05, 4.69) is 4.72 Å². The van der Waals surface area contributed by atoms with Gasteiger partial charge in [-0.2, -0.15) is 0 Å². The molecular formula is C9H13NO3S. The summed E-state index contributed by atoms with van der Waals surface area (Å²) in [6, 6.07) is -0.138. The number of nitrogens with one attached hydrogen (secondary N) is 1. The Bertz CT molecular complexity index is 390. The van der Waals surface area contributed by atoms with Gasteiger partial charge in [-0.25, -0.2) is 13.1 Å². The van der Waals surface area contributed by atoms with E-state index in [4.69, 9.17) is 0 Å². The molecule has 1 aliphatic carbocycles. The summed E-state index contributed by atoms with van der Waals surface area (Å²) in [5.74, 6) is 0. The number of hydrogen-bond donors (Lipinski definition) is 1. The highest BCUT2D eigenvalue weighted by Crippen LogP contribution is 2.20. The lowest BCUT2D eigenvalue weighted by molar-refractivity contribution is -0.104. The summed E-state index contributed by atoms with van der Waals surface area (Å²) in [5, 5.41) is 0. The van der Waals surface area contributed by atoms with Crippen LogP contribution in [0.2, 0.25) is 0 Å². The minimum atomic E-state index is -3.40. The summed E-state index contributed by atoms with van der Waals surface area (Å²) < 4.78 is 25.6. The number of rotatable bonds is 4. The molecule has 78 valence electrons. The molecule has 0 bridgehead atoms. The van der Waals surface area contributed by atoms with Crippen molar-refractivity contribution in [3.63, 3.8) is 0 Å². The van der Waals surface area contributed by atoms with Crippen LogP contribution in [0.3, 0.4) is 0 Å². The maximum Gasteiger partial charge on any atom is 0.237 e. The third kappa shape index (κ3) is 2.52. The predicted octanol–water partition coefficient (Wildman–Crippen LogP) is 0.727. The standard InChI is InChI=1S/C9H13NO3S/c1-7(2)10-14(12,13)9-4-3-8(5-9)6-11/h3,5-7,10H,4H2,1-2H3. The Morgan fingerprint density at radius 1 is 1.50 bits per heavy atom. The predicted molar refractivity (Wildman–Crippen MR) is 54.0 cm³/mol. The maximum absolute atomic E-state index is 11.6. The minimum Gasteiger partial charge on any atom is -0.298 e. The molecule has 0 atom stereocenters. The Morgan fingerprint density at radius 2 is 2.14 bits per heavy atom. The Morgan fingerprint density at radius 3 is 2.57 bits per heavy atom. The van der Waals surface area contributed by atoms with Crippen LogP contribution in [0, 0.1) is 0 Å². The summed E-state index contributed by atoms with van der Waals surface area (Å²) in [7, 11) is -3.40. The highest BCUT2D eigenvalue weighted by Gasteiger charge is 2.20. The molecule has 0 unspecified atom stereocenters.